The molecule has 0 radical (unpaired) electrons. The van der Waals surface area contributed by atoms with Crippen LogP contribution >= 0.6 is 0 Å². The van der Waals surface area contributed by atoms with E-state index in [1.54, 1.807) is 0 Å². The second kappa shape index (κ2) is 6.83. The van der Waals surface area contributed by atoms with Gasteiger partial charge in [0.1, 0.15) is 0 Å². The van der Waals surface area contributed by atoms with Crippen LogP contribution in [0.1, 0.15) is 24.1 Å². The summed E-state index contributed by atoms with van der Waals surface area (Å²) in [5.74, 6) is 0.959. The molecule has 2 aliphatic rings. The highest BCUT2D eigenvalue weighted by molar-refractivity contribution is 5.99. The molecule has 1 fully saturated rings. The van der Waals surface area contributed by atoms with Crippen molar-refractivity contribution in [3.8, 4) is 0 Å². The number of hydrogen-bond donors (Lipinski definition) is 2. The van der Waals surface area contributed by atoms with Crippen LogP contribution in [0.4, 0.5) is 16.3 Å². The molecule has 1 saturated heterocycles. The minimum Gasteiger partial charge on any atom is -0.378 e. The van der Waals surface area contributed by atoms with E-state index in [1.807, 2.05) is 29.2 Å². The van der Waals surface area contributed by atoms with E-state index in [-0.39, 0.29) is 12.1 Å². The number of amides is 2. The fourth-order valence-corrected chi connectivity index (χ4v) is 4.03. The third kappa shape index (κ3) is 2.88. The lowest BCUT2D eigenvalue weighted by molar-refractivity contribution is 0.122. The minimum atomic E-state index is -0.0730. The summed E-state index contributed by atoms with van der Waals surface area (Å²) in [6.45, 7) is 5.75. The number of fused-ring (bicyclic) bond motifs is 2. The number of rotatable bonds is 3. The van der Waals surface area contributed by atoms with Crippen LogP contribution in [0.2, 0.25) is 0 Å². The number of anilines is 2. The summed E-state index contributed by atoms with van der Waals surface area (Å²) in [4.78, 5) is 16.9. The Balaban J connectivity index is 1.49. The number of carbonyl (C=O) groups is 1. The largest absolute Gasteiger partial charge is 0.378 e. The maximum absolute atomic E-state index is 12.7. The Bertz CT molecular complexity index is 1010. The second-order valence-electron chi connectivity index (χ2n) is 7.35. The first-order chi connectivity index (χ1) is 13.7. The van der Waals surface area contributed by atoms with Crippen molar-refractivity contribution in [1.29, 1.82) is 0 Å². The summed E-state index contributed by atoms with van der Waals surface area (Å²) >= 11 is 0. The molecule has 28 heavy (non-hydrogen) atoms. The number of morpholine rings is 1. The summed E-state index contributed by atoms with van der Waals surface area (Å²) in [6, 6.07) is 14.2. The Labute approximate surface area is 163 Å². The van der Waals surface area contributed by atoms with Crippen molar-refractivity contribution in [2.24, 2.45) is 0 Å². The molecule has 2 N–H and O–H groups in total. The number of nitrogens with zero attached hydrogens (tertiary/aromatic N) is 3. The van der Waals surface area contributed by atoms with Crippen LogP contribution in [-0.2, 0) is 11.3 Å². The molecule has 3 aromatic rings. The lowest BCUT2D eigenvalue weighted by Gasteiger charge is -2.34. The minimum absolute atomic E-state index is 0.00638. The zero-order valence-corrected chi connectivity index (χ0v) is 15.8. The van der Waals surface area contributed by atoms with Gasteiger partial charge >= 0.3 is 6.03 Å². The molecule has 3 heterocycles. The molecule has 0 spiro atoms. The Kier molecular flexibility index (Phi) is 4.16. The van der Waals surface area contributed by atoms with E-state index < -0.39 is 0 Å². The average Bonchev–Trinajstić information content (AvgIpc) is 3.15. The molecule has 144 valence electrons. The van der Waals surface area contributed by atoms with E-state index >= 15 is 0 Å². The van der Waals surface area contributed by atoms with E-state index in [0.29, 0.717) is 6.54 Å². The highest BCUT2D eigenvalue weighted by atomic mass is 16.5. The molecule has 0 aliphatic carbocycles. The molecular formula is C21H23N5O2. The molecule has 5 rings (SSSR count). The van der Waals surface area contributed by atoms with Gasteiger partial charge < -0.3 is 19.9 Å². The Morgan fingerprint density at radius 1 is 1.14 bits per heavy atom. The number of aromatic amines is 1. The average molecular weight is 377 g/mol. The number of benzene rings is 2. The van der Waals surface area contributed by atoms with Gasteiger partial charge in [0.15, 0.2) is 5.82 Å². The lowest BCUT2D eigenvalue weighted by Crippen LogP contribution is -2.40. The Hall–Kier alpha value is -3.06. The molecule has 2 aliphatic heterocycles. The fraction of sp³-hybridized carbons (Fsp3) is 0.333. The van der Waals surface area contributed by atoms with Crippen molar-refractivity contribution in [2.45, 2.75) is 19.5 Å². The molecule has 1 unspecified atom stereocenters. The molecule has 7 nitrogen and oxygen atoms in total. The topological polar surface area (TPSA) is 73.5 Å². The number of aromatic nitrogens is 2. The highest BCUT2D eigenvalue weighted by Gasteiger charge is 2.28. The highest BCUT2D eigenvalue weighted by Crippen LogP contribution is 2.35. The zero-order valence-electron chi connectivity index (χ0n) is 15.8. The van der Waals surface area contributed by atoms with Gasteiger partial charge in [-0.15, -0.1) is 0 Å². The van der Waals surface area contributed by atoms with E-state index in [4.69, 9.17) is 4.74 Å². The van der Waals surface area contributed by atoms with E-state index in [2.05, 4.69) is 45.5 Å². The monoisotopic (exact) mass is 377 g/mol. The molecular weight excluding hydrogens is 354 g/mol. The molecule has 2 amide bonds. The van der Waals surface area contributed by atoms with Gasteiger partial charge in [-0.25, -0.2) is 4.79 Å². The summed E-state index contributed by atoms with van der Waals surface area (Å²) < 4.78 is 5.46. The standard InChI is InChI=1S/C21H23N5O2/c1-14(15-5-3-2-4-6-15)26-13-16-11-17-19(12-18(16)22-21(26)27)23-24-20(17)25-7-9-28-10-8-25/h2-6,11-12,14H,7-10,13H2,1H3,(H,22,27)(H,23,24). The normalized spacial score (nSPS) is 18.1. The Morgan fingerprint density at radius 2 is 1.93 bits per heavy atom. The molecule has 0 bridgehead atoms. The van der Waals surface area contributed by atoms with Crippen molar-refractivity contribution in [1.82, 2.24) is 15.1 Å². The van der Waals surface area contributed by atoms with E-state index in [9.17, 15) is 4.79 Å². The van der Waals surface area contributed by atoms with Crippen molar-refractivity contribution in [3.05, 3.63) is 53.6 Å². The van der Waals surface area contributed by atoms with Crippen molar-refractivity contribution >= 4 is 28.4 Å². The summed E-state index contributed by atoms with van der Waals surface area (Å²) in [6.07, 6.45) is 0. The van der Waals surface area contributed by atoms with Gasteiger partial charge in [0.05, 0.1) is 31.3 Å². The van der Waals surface area contributed by atoms with Crippen LogP contribution in [0.3, 0.4) is 0 Å². The number of H-pyrrole nitrogens is 1. The van der Waals surface area contributed by atoms with Crippen LogP contribution < -0.4 is 10.2 Å². The third-order valence-corrected chi connectivity index (χ3v) is 5.67. The number of hydrogen-bond acceptors (Lipinski definition) is 4. The molecule has 1 atom stereocenters. The third-order valence-electron chi connectivity index (χ3n) is 5.67. The predicted octanol–water partition coefficient (Wildman–Crippen LogP) is 3.51. The van der Waals surface area contributed by atoms with Gasteiger partial charge in [-0.2, -0.15) is 5.10 Å². The summed E-state index contributed by atoms with van der Waals surface area (Å²) in [7, 11) is 0. The van der Waals surface area contributed by atoms with E-state index in [0.717, 1.165) is 59.8 Å². The zero-order chi connectivity index (χ0) is 19.1. The first-order valence-corrected chi connectivity index (χ1v) is 9.67. The number of nitrogens with one attached hydrogen (secondary N) is 2. The summed E-state index contributed by atoms with van der Waals surface area (Å²) in [5, 5.41) is 11.8. The first-order valence-electron chi connectivity index (χ1n) is 9.67. The lowest BCUT2D eigenvalue weighted by atomic mass is 10.0. The quantitative estimate of drug-likeness (QED) is 0.733. The number of urea groups is 1. The second-order valence-corrected chi connectivity index (χ2v) is 7.35. The molecule has 1 aromatic heterocycles. The Morgan fingerprint density at radius 3 is 2.71 bits per heavy atom. The molecule has 7 heteroatoms. The van der Waals surface area contributed by atoms with Crippen molar-refractivity contribution in [2.75, 3.05) is 36.5 Å². The number of ether oxygens (including phenoxy) is 1. The first kappa shape index (κ1) is 17.1. The van der Waals surface area contributed by atoms with Crippen LogP contribution in [-0.4, -0.2) is 47.4 Å². The van der Waals surface area contributed by atoms with Crippen molar-refractivity contribution < 1.29 is 9.53 Å². The van der Waals surface area contributed by atoms with Crippen LogP contribution in [0.25, 0.3) is 10.9 Å². The maximum Gasteiger partial charge on any atom is 0.322 e. The number of carbonyl (C=O) groups excluding carboxylic acids is 1. The van der Waals surface area contributed by atoms with Gasteiger partial charge in [-0.3, -0.25) is 5.10 Å². The predicted molar refractivity (Wildman–Crippen MR) is 109 cm³/mol. The van der Waals surface area contributed by atoms with Gasteiger partial charge in [-0.1, -0.05) is 30.3 Å². The van der Waals surface area contributed by atoms with Crippen LogP contribution in [0.5, 0.6) is 0 Å². The fourth-order valence-electron chi connectivity index (χ4n) is 4.03. The summed E-state index contributed by atoms with van der Waals surface area (Å²) in [5.41, 5.74) is 4.02. The maximum atomic E-state index is 12.7. The van der Waals surface area contributed by atoms with Crippen molar-refractivity contribution in [3.63, 3.8) is 0 Å². The SMILES string of the molecule is CC(c1ccccc1)N1Cc2cc3c(N4CCOCC4)n[nH]c3cc2NC1=O. The van der Waals surface area contributed by atoms with Crippen LogP contribution in [0, 0.1) is 0 Å². The molecule has 2 aromatic carbocycles. The van der Waals surface area contributed by atoms with Gasteiger partial charge in [0.2, 0.25) is 0 Å². The van der Waals surface area contributed by atoms with Gasteiger partial charge in [0.25, 0.3) is 0 Å². The smallest absolute Gasteiger partial charge is 0.322 e. The molecule has 0 saturated carbocycles. The van der Waals surface area contributed by atoms with Gasteiger partial charge in [0, 0.05) is 24.2 Å². The van der Waals surface area contributed by atoms with Crippen LogP contribution in [0.15, 0.2) is 42.5 Å². The van der Waals surface area contributed by atoms with E-state index in [1.165, 1.54) is 0 Å². The van der Waals surface area contributed by atoms with Gasteiger partial charge in [-0.05, 0) is 30.2 Å².